The first-order valence-corrected chi connectivity index (χ1v) is 8.10. The Labute approximate surface area is 147 Å². The molecular weight excluding hydrogens is 320 g/mol. The van der Waals surface area contributed by atoms with Crippen LogP contribution in [0.2, 0.25) is 0 Å². The highest BCUT2D eigenvalue weighted by atomic mass is 16.7. The second kappa shape index (κ2) is 8.28. The maximum Gasteiger partial charge on any atom is 0.249 e. The molecule has 0 aliphatic rings. The Morgan fingerprint density at radius 1 is 1.20 bits per heavy atom. The summed E-state index contributed by atoms with van der Waals surface area (Å²) in [5, 5.41) is 13.2. The Kier molecular flexibility index (Phi) is 6.11. The van der Waals surface area contributed by atoms with Gasteiger partial charge in [0.25, 0.3) is 0 Å². The SMILES string of the molecule is COc1cccc(ONC(C)=O)c1-c1ccc(O)cc1NCC(C)C. The van der Waals surface area contributed by atoms with Crippen LogP contribution in [0.25, 0.3) is 11.1 Å². The third-order valence-corrected chi connectivity index (χ3v) is 3.49. The number of hydroxylamine groups is 1. The number of hydrogen-bond donors (Lipinski definition) is 3. The van der Waals surface area contributed by atoms with Crippen LogP contribution in [0.1, 0.15) is 20.8 Å². The van der Waals surface area contributed by atoms with Gasteiger partial charge in [-0.3, -0.25) is 4.79 Å². The summed E-state index contributed by atoms with van der Waals surface area (Å²) in [5.74, 6) is 1.34. The number of carbonyl (C=O) groups is 1. The van der Waals surface area contributed by atoms with Gasteiger partial charge in [-0.05, 0) is 30.2 Å². The molecule has 2 aromatic carbocycles. The molecule has 0 heterocycles. The molecule has 0 saturated heterocycles. The van der Waals surface area contributed by atoms with Crippen molar-refractivity contribution in [1.82, 2.24) is 5.48 Å². The first-order chi connectivity index (χ1) is 11.9. The molecule has 0 aliphatic heterocycles. The summed E-state index contributed by atoms with van der Waals surface area (Å²) in [6.07, 6.45) is 0. The predicted octanol–water partition coefficient (Wildman–Crippen LogP) is 3.57. The lowest BCUT2D eigenvalue weighted by Gasteiger charge is -2.19. The number of amides is 1. The zero-order chi connectivity index (χ0) is 18.4. The molecule has 0 atom stereocenters. The van der Waals surface area contributed by atoms with Gasteiger partial charge in [0.15, 0.2) is 5.75 Å². The van der Waals surface area contributed by atoms with E-state index in [0.717, 1.165) is 17.8 Å². The summed E-state index contributed by atoms with van der Waals surface area (Å²) in [7, 11) is 1.57. The van der Waals surface area contributed by atoms with E-state index in [1.54, 1.807) is 37.4 Å². The van der Waals surface area contributed by atoms with Crippen LogP contribution in [0.4, 0.5) is 5.69 Å². The second-order valence-corrected chi connectivity index (χ2v) is 6.10. The van der Waals surface area contributed by atoms with Crippen LogP contribution in [0.15, 0.2) is 36.4 Å². The molecule has 0 saturated carbocycles. The van der Waals surface area contributed by atoms with Crippen LogP contribution in [-0.2, 0) is 4.79 Å². The van der Waals surface area contributed by atoms with Crippen molar-refractivity contribution in [2.75, 3.05) is 19.0 Å². The fraction of sp³-hybridized carbons (Fsp3) is 0.316. The molecule has 25 heavy (non-hydrogen) atoms. The maximum atomic E-state index is 11.2. The Morgan fingerprint density at radius 2 is 1.92 bits per heavy atom. The molecule has 0 bridgehead atoms. The molecule has 2 rings (SSSR count). The molecule has 134 valence electrons. The summed E-state index contributed by atoms with van der Waals surface area (Å²) < 4.78 is 5.48. The highest BCUT2D eigenvalue weighted by Gasteiger charge is 2.17. The van der Waals surface area contributed by atoms with Gasteiger partial charge in [-0.2, -0.15) is 5.48 Å². The molecule has 1 amide bonds. The summed E-state index contributed by atoms with van der Waals surface area (Å²) >= 11 is 0. The molecule has 0 fully saturated rings. The normalized spacial score (nSPS) is 10.4. The zero-order valence-electron chi connectivity index (χ0n) is 14.9. The summed E-state index contributed by atoms with van der Waals surface area (Å²) in [5.41, 5.74) is 4.58. The van der Waals surface area contributed by atoms with Crippen molar-refractivity contribution in [3.63, 3.8) is 0 Å². The van der Waals surface area contributed by atoms with Gasteiger partial charge in [0.1, 0.15) is 11.5 Å². The molecule has 3 N–H and O–H groups in total. The molecule has 0 unspecified atom stereocenters. The van der Waals surface area contributed by atoms with Gasteiger partial charge in [-0.15, -0.1) is 0 Å². The molecule has 0 aliphatic carbocycles. The Morgan fingerprint density at radius 3 is 2.56 bits per heavy atom. The molecule has 6 nitrogen and oxygen atoms in total. The third-order valence-electron chi connectivity index (χ3n) is 3.49. The number of nitrogens with one attached hydrogen (secondary N) is 2. The highest BCUT2D eigenvalue weighted by molar-refractivity contribution is 5.86. The summed E-state index contributed by atoms with van der Waals surface area (Å²) in [4.78, 5) is 16.6. The lowest BCUT2D eigenvalue weighted by atomic mass is 10.0. The van der Waals surface area contributed by atoms with E-state index in [1.807, 2.05) is 6.07 Å². The summed E-state index contributed by atoms with van der Waals surface area (Å²) in [6, 6.07) is 10.4. The molecule has 2 aromatic rings. The van der Waals surface area contributed by atoms with Crippen LogP contribution in [0.3, 0.4) is 0 Å². The van der Waals surface area contributed by atoms with Crippen molar-refractivity contribution < 1.29 is 19.5 Å². The standard InChI is InChI=1S/C19H24N2O4/c1-12(2)11-20-16-10-14(23)8-9-15(16)19-17(24-4)6-5-7-18(19)25-21-13(3)22/h5-10,12,20,23H,11H2,1-4H3,(H,21,22). The number of phenolic OH excluding ortho intramolecular Hbond substituents is 1. The van der Waals surface area contributed by atoms with Crippen molar-refractivity contribution in [2.45, 2.75) is 20.8 Å². The van der Waals surface area contributed by atoms with E-state index in [4.69, 9.17) is 9.57 Å². The van der Waals surface area contributed by atoms with E-state index in [2.05, 4.69) is 24.6 Å². The zero-order valence-corrected chi connectivity index (χ0v) is 14.9. The first-order valence-electron chi connectivity index (χ1n) is 8.10. The minimum Gasteiger partial charge on any atom is -0.508 e. The lowest BCUT2D eigenvalue weighted by molar-refractivity contribution is -0.125. The molecule has 0 spiro atoms. The van der Waals surface area contributed by atoms with Gasteiger partial charge < -0.3 is 20.0 Å². The maximum absolute atomic E-state index is 11.2. The minimum absolute atomic E-state index is 0.161. The second-order valence-electron chi connectivity index (χ2n) is 6.10. The third kappa shape index (κ3) is 4.79. The van der Waals surface area contributed by atoms with Gasteiger partial charge >= 0.3 is 0 Å². The van der Waals surface area contributed by atoms with E-state index in [0.29, 0.717) is 23.0 Å². The highest BCUT2D eigenvalue weighted by Crippen LogP contribution is 2.42. The lowest BCUT2D eigenvalue weighted by Crippen LogP contribution is -2.24. The van der Waals surface area contributed by atoms with Gasteiger partial charge in [0, 0.05) is 30.8 Å². The quantitative estimate of drug-likeness (QED) is 0.669. The van der Waals surface area contributed by atoms with E-state index >= 15 is 0 Å². The van der Waals surface area contributed by atoms with Crippen LogP contribution < -0.4 is 20.4 Å². The Bertz CT molecular complexity index is 744. The fourth-order valence-corrected chi connectivity index (χ4v) is 2.37. The predicted molar refractivity (Wildman–Crippen MR) is 97.9 cm³/mol. The Balaban J connectivity index is 2.53. The molecule has 0 radical (unpaired) electrons. The first kappa shape index (κ1) is 18.4. The van der Waals surface area contributed by atoms with Gasteiger partial charge in [-0.1, -0.05) is 19.9 Å². The molecular formula is C19H24N2O4. The van der Waals surface area contributed by atoms with Crippen LogP contribution in [-0.4, -0.2) is 24.7 Å². The van der Waals surface area contributed by atoms with Crippen molar-refractivity contribution in [3.05, 3.63) is 36.4 Å². The number of phenols is 1. The Hall–Kier alpha value is -2.89. The number of carbonyl (C=O) groups excluding carboxylic acids is 1. The monoisotopic (exact) mass is 344 g/mol. The van der Waals surface area contributed by atoms with E-state index in [-0.39, 0.29) is 11.7 Å². The van der Waals surface area contributed by atoms with Gasteiger partial charge in [-0.25, -0.2) is 0 Å². The smallest absolute Gasteiger partial charge is 0.249 e. The van der Waals surface area contributed by atoms with E-state index < -0.39 is 0 Å². The van der Waals surface area contributed by atoms with Crippen molar-refractivity contribution in [3.8, 4) is 28.4 Å². The number of aromatic hydroxyl groups is 1. The van der Waals surface area contributed by atoms with Crippen LogP contribution >= 0.6 is 0 Å². The van der Waals surface area contributed by atoms with Crippen molar-refractivity contribution in [1.29, 1.82) is 0 Å². The van der Waals surface area contributed by atoms with Gasteiger partial charge in [0.2, 0.25) is 5.91 Å². The molecule has 0 aromatic heterocycles. The average molecular weight is 344 g/mol. The van der Waals surface area contributed by atoms with Crippen molar-refractivity contribution in [2.24, 2.45) is 5.92 Å². The number of benzene rings is 2. The molecule has 6 heteroatoms. The number of methoxy groups -OCH3 is 1. The van der Waals surface area contributed by atoms with Crippen LogP contribution in [0.5, 0.6) is 17.2 Å². The summed E-state index contributed by atoms with van der Waals surface area (Å²) in [6.45, 7) is 6.32. The minimum atomic E-state index is -0.308. The van der Waals surface area contributed by atoms with E-state index in [1.165, 1.54) is 6.92 Å². The van der Waals surface area contributed by atoms with Crippen molar-refractivity contribution >= 4 is 11.6 Å². The number of rotatable bonds is 7. The largest absolute Gasteiger partial charge is 0.508 e. The number of anilines is 1. The van der Waals surface area contributed by atoms with Gasteiger partial charge in [0.05, 0.1) is 12.7 Å². The number of hydrogen-bond acceptors (Lipinski definition) is 5. The van der Waals surface area contributed by atoms with Crippen LogP contribution in [0, 0.1) is 5.92 Å². The number of ether oxygens (including phenoxy) is 1. The van der Waals surface area contributed by atoms with E-state index in [9.17, 15) is 9.90 Å². The topological polar surface area (TPSA) is 79.8 Å². The average Bonchev–Trinajstić information content (AvgIpc) is 2.58. The fourth-order valence-electron chi connectivity index (χ4n) is 2.37.